The first-order chi connectivity index (χ1) is 10.2. The van der Waals surface area contributed by atoms with Crippen molar-refractivity contribution < 1.29 is 4.79 Å². The highest BCUT2D eigenvalue weighted by Crippen LogP contribution is 2.32. The van der Waals surface area contributed by atoms with E-state index in [1.807, 2.05) is 40.2 Å². The molecule has 0 bridgehead atoms. The summed E-state index contributed by atoms with van der Waals surface area (Å²) < 4.78 is 2.03. The largest absolute Gasteiger partial charge is 0.326 e. The van der Waals surface area contributed by atoms with Gasteiger partial charge in [-0.15, -0.1) is 11.3 Å². The molecule has 0 unspecified atom stereocenters. The van der Waals surface area contributed by atoms with E-state index in [1.54, 1.807) is 23.1 Å². The molecule has 0 saturated carbocycles. The van der Waals surface area contributed by atoms with Gasteiger partial charge in [-0.2, -0.15) is 0 Å². The van der Waals surface area contributed by atoms with Crippen LogP contribution in [0.2, 0.25) is 0 Å². The van der Waals surface area contributed by atoms with Crippen molar-refractivity contribution in [3.8, 4) is 0 Å². The number of anilines is 1. The fourth-order valence-electron chi connectivity index (χ4n) is 2.00. The minimum absolute atomic E-state index is 0.0739. The molecule has 0 aliphatic carbocycles. The minimum Gasteiger partial charge on any atom is -0.326 e. The van der Waals surface area contributed by atoms with Crippen molar-refractivity contribution in [2.75, 3.05) is 5.32 Å². The van der Waals surface area contributed by atoms with E-state index in [-0.39, 0.29) is 5.91 Å². The third-order valence-corrected chi connectivity index (χ3v) is 4.69. The number of aromatic nitrogens is 2. The lowest BCUT2D eigenvalue weighted by Crippen LogP contribution is -2.05. The monoisotopic (exact) mass is 318 g/mol. The third-order valence-electron chi connectivity index (χ3n) is 2.91. The Balaban J connectivity index is 1.84. The molecular formula is C14H14N4OS2. The smallest absolute Gasteiger partial charge is 0.221 e. The molecule has 3 rings (SSSR count). The van der Waals surface area contributed by atoms with Gasteiger partial charge in [-0.25, -0.2) is 4.98 Å². The molecule has 3 N–H and O–H groups in total. The number of benzene rings is 1. The van der Waals surface area contributed by atoms with Gasteiger partial charge in [0.25, 0.3) is 0 Å². The molecule has 1 amide bonds. The normalized spacial score (nSPS) is 11.0. The lowest BCUT2D eigenvalue weighted by atomic mass is 10.3. The number of fused-ring (bicyclic) bond motifs is 1. The summed E-state index contributed by atoms with van der Waals surface area (Å²) in [5.74, 6) is -0.0739. The molecule has 0 spiro atoms. The predicted octanol–water partition coefficient (Wildman–Crippen LogP) is 2.96. The number of thiazole rings is 1. The summed E-state index contributed by atoms with van der Waals surface area (Å²) >= 11 is 3.17. The summed E-state index contributed by atoms with van der Waals surface area (Å²) in [6.07, 6.45) is 1.99. The van der Waals surface area contributed by atoms with Crippen molar-refractivity contribution >= 4 is 39.7 Å². The number of amides is 1. The summed E-state index contributed by atoms with van der Waals surface area (Å²) in [6, 6.07) is 7.68. The first kappa shape index (κ1) is 14.1. The molecule has 0 saturated heterocycles. The van der Waals surface area contributed by atoms with Gasteiger partial charge in [-0.3, -0.25) is 9.20 Å². The molecule has 1 aromatic carbocycles. The highest BCUT2D eigenvalue weighted by atomic mass is 32.2. The quantitative estimate of drug-likeness (QED) is 0.776. The molecule has 2 aromatic heterocycles. The maximum atomic E-state index is 11.0. The number of hydrogen-bond acceptors (Lipinski definition) is 5. The zero-order valence-corrected chi connectivity index (χ0v) is 13.0. The van der Waals surface area contributed by atoms with Gasteiger partial charge in [-0.1, -0.05) is 11.8 Å². The molecule has 21 heavy (non-hydrogen) atoms. The Morgan fingerprint density at radius 3 is 2.86 bits per heavy atom. The lowest BCUT2D eigenvalue weighted by molar-refractivity contribution is -0.114. The van der Waals surface area contributed by atoms with Gasteiger partial charge in [0.2, 0.25) is 5.91 Å². The van der Waals surface area contributed by atoms with Gasteiger partial charge in [-0.05, 0) is 24.3 Å². The highest BCUT2D eigenvalue weighted by Gasteiger charge is 2.13. The van der Waals surface area contributed by atoms with Crippen LogP contribution in [0.15, 0.2) is 45.8 Å². The van der Waals surface area contributed by atoms with Crippen LogP contribution in [0.3, 0.4) is 0 Å². The molecule has 0 aliphatic rings. The Bertz CT molecular complexity index is 776. The van der Waals surface area contributed by atoms with Crippen molar-refractivity contribution in [2.45, 2.75) is 23.4 Å². The Morgan fingerprint density at radius 2 is 2.19 bits per heavy atom. The molecule has 0 fully saturated rings. The standard InChI is InChI=1S/C14H14N4OS2/c1-9(19)16-10-2-4-11(5-3-10)21-13-12(8-15)18-6-7-20-14(18)17-13/h2-7H,8,15H2,1H3,(H,16,19). The number of nitrogens with one attached hydrogen (secondary N) is 1. The molecule has 5 nitrogen and oxygen atoms in total. The highest BCUT2D eigenvalue weighted by molar-refractivity contribution is 7.99. The van der Waals surface area contributed by atoms with E-state index in [1.165, 1.54) is 6.92 Å². The average Bonchev–Trinajstić information content (AvgIpc) is 3.00. The van der Waals surface area contributed by atoms with Crippen LogP contribution in [0.25, 0.3) is 4.96 Å². The second-order valence-electron chi connectivity index (χ2n) is 4.43. The van der Waals surface area contributed by atoms with E-state index in [4.69, 9.17) is 5.73 Å². The summed E-state index contributed by atoms with van der Waals surface area (Å²) in [5, 5.41) is 5.68. The van der Waals surface area contributed by atoms with Crippen LogP contribution < -0.4 is 11.1 Å². The van der Waals surface area contributed by atoms with Crippen LogP contribution in [0.4, 0.5) is 5.69 Å². The second kappa shape index (κ2) is 5.88. The topological polar surface area (TPSA) is 72.4 Å². The lowest BCUT2D eigenvalue weighted by Gasteiger charge is -2.04. The molecule has 0 radical (unpaired) electrons. The fraction of sp³-hybridized carbons (Fsp3) is 0.143. The van der Waals surface area contributed by atoms with Crippen LogP contribution in [0.1, 0.15) is 12.6 Å². The molecule has 7 heteroatoms. The van der Waals surface area contributed by atoms with E-state index in [2.05, 4.69) is 10.3 Å². The van der Waals surface area contributed by atoms with E-state index in [9.17, 15) is 4.79 Å². The number of nitrogens with zero attached hydrogens (tertiary/aromatic N) is 2. The first-order valence-corrected chi connectivity index (χ1v) is 8.07. The maximum Gasteiger partial charge on any atom is 0.221 e. The van der Waals surface area contributed by atoms with Gasteiger partial charge >= 0.3 is 0 Å². The predicted molar refractivity (Wildman–Crippen MR) is 85.8 cm³/mol. The van der Waals surface area contributed by atoms with E-state index >= 15 is 0 Å². The fourth-order valence-corrected chi connectivity index (χ4v) is 3.72. The van der Waals surface area contributed by atoms with Crippen LogP contribution in [0.5, 0.6) is 0 Å². The summed E-state index contributed by atoms with van der Waals surface area (Å²) in [4.78, 5) is 17.6. The number of carbonyl (C=O) groups is 1. The van der Waals surface area contributed by atoms with Crippen LogP contribution in [0, 0.1) is 0 Å². The number of nitrogens with two attached hydrogens (primary N) is 1. The van der Waals surface area contributed by atoms with E-state index < -0.39 is 0 Å². The van der Waals surface area contributed by atoms with Crippen molar-refractivity contribution in [1.29, 1.82) is 0 Å². The first-order valence-electron chi connectivity index (χ1n) is 6.37. The maximum absolute atomic E-state index is 11.0. The van der Waals surface area contributed by atoms with Crippen molar-refractivity contribution in [3.63, 3.8) is 0 Å². The zero-order chi connectivity index (χ0) is 14.8. The van der Waals surface area contributed by atoms with Gasteiger partial charge in [0.15, 0.2) is 4.96 Å². The Labute approximate surface area is 130 Å². The van der Waals surface area contributed by atoms with Crippen molar-refractivity contribution in [3.05, 3.63) is 41.5 Å². The molecular weight excluding hydrogens is 304 g/mol. The van der Waals surface area contributed by atoms with Crippen molar-refractivity contribution in [2.24, 2.45) is 5.73 Å². The van der Waals surface area contributed by atoms with Gasteiger partial charge in [0, 0.05) is 35.6 Å². The number of hydrogen-bond donors (Lipinski definition) is 2. The van der Waals surface area contributed by atoms with Gasteiger partial charge in [0.05, 0.1) is 5.69 Å². The molecule has 0 aliphatic heterocycles. The van der Waals surface area contributed by atoms with Crippen LogP contribution >= 0.6 is 23.1 Å². The Morgan fingerprint density at radius 1 is 1.43 bits per heavy atom. The zero-order valence-electron chi connectivity index (χ0n) is 11.4. The Hall–Kier alpha value is -1.83. The third kappa shape index (κ3) is 2.94. The minimum atomic E-state index is -0.0739. The number of imidazole rings is 1. The number of carbonyl (C=O) groups excluding carboxylic acids is 1. The van der Waals surface area contributed by atoms with Gasteiger partial charge in [0.1, 0.15) is 5.03 Å². The van der Waals surface area contributed by atoms with E-state index in [0.29, 0.717) is 6.54 Å². The second-order valence-corrected chi connectivity index (χ2v) is 6.37. The van der Waals surface area contributed by atoms with Crippen LogP contribution in [-0.2, 0) is 11.3 Å². The molecule has 108 valence electrons. The van der Waals surface area contributed by atoms with Crippen molar-refractivity contribution in [1.82, 2.24) is 9.38 Å². The summed E-state index contributed by atoms with van der Waals surface area (Å²) in [7, 11) is 0. The summed E-state index contributed by atoms with van der Waals surface area (Å²) in [5.41, 5.74) is 7.64. The molecule has 0 atom stereocenters. The van der Waals surface area contributed by atoms with Crippen LogP contribution in [-0.4, -0.2) is 15.3 Å². The van der Waals surface area contributed by atoms with Gasteiger partial charge < -0.3 is 11.1 Å². The molecule has 2 heterocycles. The SMILES string of the molecule is CC(=O)Nc1ccc(Sc2nc3sccn3c2CN)cc1. The summed E-state index contributed by atoms with van der Waals surface area (Å²) in [6.45, 7) is 1.94. The Kier molecular flexibility index (Phi) is 3.96. The average molecular weight is 318 g/mol. The van der Waals surface area contributed by atoms with E-state index in [0.717, 1.165) is 26.3 Å². The molecule has 3 aromatic rings. The number of rotatable bonds is 4.